The molecule has 2 N–H and O–H groups in total. The fourth-order valence-electron chi connectivity index (χ4n) is 2.06. The fourth-order valence-corrected chi connectivity index (χ4v) is 2.40. The zero-order chi connectivity index (χ0) is 15.4. The quantitative estimate of drug-likeness (QED) is 0.912. The normalized spacial score (nSPS) is 11.8. The molecule has 2 aromatic carbocycles. The second-order valence-corrected chi connectivity index (χ2v) is 5.24. The molecule has 5 heteroatoms. The van der Waals surface area contributed by atoms with E-state index in [1.54, 1.807) is 42.5 Å². The summed E-state index contributed by atoms with van der Waals surface area (Å²) in [5, 5.41) is 13.3. The molecule has 0 heterocycles. The Kier molecular flexibility index (Phi) is 4.83. The van der Waals surface area contributed by atoms with Crippen LogP contribution in [0.15, 0.2) is 48.5 Å². The van der Waals surface area contributed by atoms with Gasteiger partial charge in [0.2, 0.25) is 0 Å². The van der Waals surface area contributed by atoms with E-state index in [0.29, 0.717) is 22.0 Å². The van der Waals surface area contributed by atoms with Crippen LogP contribution in [0.25, 0.3) is 0 Å². The Bertz CT molecular complexity index is 629. The number of carbonyl (C=O) groups excluding carboxylic acids is 1. The number of hydrogen-bond donors (Lipinski definition) is 2. The molecule has 0 spiro atoms. The smallest absolute Gasteiger partial charge is 0.257 e. The Morgan fingerprint density at radius 1 is 1.14 bits per heavy atom. The number of nitrogens with one attached hydrogen (secondary N) is 1. The molecule has 1 unspecified atom stereocenters. The number of aliphatic hydroxyl groups excluding tert-OH is 1. The van der Waals surface area contributed by atoms with Crippen molar-refractivity contribution in [3.8, 4) is 0 Å². The number of halogens is 1. The van der Waals surface area contributed by atoms with E-state index >= 15 is 0 Å². The van der Waals surface area contributed by atoms with Crippen LogP contribution in [-0.2, 0) is 4.79 Å². The number of aliphatic hydroxyl groups is 1. The van der Waals surface area contributed by atoms with Crippen LogP contribution >= 0.6 is 11.6 Å². The largest absolute Gasteiger partial charge is 0.378 e. The first-order chi connectivity index (χ1) is 10.0. The van der Waals surface area contributed by atoms with E-state index in [2.05, 4.69) is 5.32 Å². The van der Waals surface area contributed by atoms with Gasteiger partial charge in [0.1, 0.15) is 0 Å². The number of benzene rings is 2. The highest BCUT2D eigenvalue weighted by molar-refractivity contribution is 6.34. The summed E-state index contributed by atoms with van der Waals surface area (Å²) >= 11 is 6.15. The van der Waals surface area contributed by atoms with Crippen molar-refractivity contribution in [3.63, 3.8) is 0 Å². The van der Waals surface area contributed by atoms with Crippen molar-refractivity contribution in [2.24, 2.45) is 0 Å². The van der Waals surface area contributed by atoms with Crippen LogP contribution in [0.1, 0.15) is 11.7 Å². The third-order valence-electron chi connectivity index (χ3n) is 3.06. The molecule has 0 aliphatic heterocycles. The monoisotopic (exact) mass is 304 g/mol. The predicted octanol–water partition coefficient (Wildman–Crippen LogP) is 3.08. The Hall–Kier alpha value is -2.04. The molecule has 0 bridgehead atoms. The molecular formula is C16H17ClN2O2. The summed E-state index contributed by atoms with van der Waals surface area (Å²) in [5.74, 6) is -0.494. The van der Waals surface area contributed by atoms with Gasteiger partial charge in [-0.3, -0.25) is 4.79 Å². The highest BCUT2D eigenvalue weighted by Crippen LogP contribution is 2.33. The maximum atomic E-state index is 12.2. The van der Waals surface area contributed by atoms with E-state index in [1.807, 2.05) is 25.1 Å². The fraction of sp³-hybridized carbons (Fsp3) is 0.188. The van der Waals surface area contributed by atoms with Crippen molar-refractivity contribution in [2.45, 2.75) is 6.10 Å². The summed E-state index contributed by atoms with van der Waals surface area (Å²) in [6.45, 7) is 0. The van der Waals surface area contributed by atoms with E-state index in [0.717, 1.165) is 0 Å². The van der Waals surface area contributed by atoms with Gasteiger partial charge in [-0.05, 0) is 17.7 Å². The number of rotatable bonds is 4. The van der Waals surface area contributed by atoms with Gasteiger partial charge in [0.05, 0.1) is 16.4 Å². The van der Waals surface area contributed by atoms with Gasteiger partial charge in [-0.25, -0.2) is 0 Å². The van der Waals surface area contributed by atoms with Crippen LogP contribution in [0.5, 0.6) is 0 Å². The molecule has 0 radical (unpaired) electrons. The topological polar surface area (TPSA) is 52.6 Å². The second kappa shape index (κ2) is 6.61. The second-order valence-electron chi connectivity index (χ2n) is 4.83. The Morgan fingerprint density at radius 3 is 2.43 bits per heavy atom. The predicted molar refractivity (Wildman–Crippen MR) is 85.8 cm³/mol. The first kappa shape index (κ1) is 15.4. The van der Waals surface area contributed by atoms with Gasteiger partial charge in [0.15, 0.2) is 6.10 Å². The summed E-state index contributed by atoms with van der Waals surface area (Å²) in [4.78, 5) is 14.0. The maximum Gasteiger partial charge on any atom is 0.257 e. The molecule has 0 aromatic heterocycles. The van der Waals surface area contributed by atoms with Crippen LogP contribution in [0, 0.1) is 0 Å². The Morgan fingerprint density at radius 2 is 1.81 bits per heavy atom. The van der Waals surface area contributed by atoms with E-state index in [4.69, 9.17) is 11.6 Å². The van der Waals surface area contributed by atoms with Gasteiger partial charge in [-0.2, -0.15) is 0 Å². The molecule has 2 aromatic rings. The Balaban J connectivity index is 2.23. The Labute approximate surface area is 129 Å². The lowest BCUT2D eigenvalue weighted by Gasteiger charge is -2.20. The lowest BCUT2D eigenvalue weighted by molar-refractivity contribution is -0.124. The van der Waals surface area contributed by atoms with Gasteiger partial charge in [0, 0.05) is 14.1 Å². The number of amides is 1. The minimum Gasteiger partial charge on any atom is -0.378 e. The van der Waals surface area contributed by atoms with E-state index < -0.39 is 12.0 Å². The average molecular weight is 305 g/mol. The zero-order valence-electron chi connectivity index (χ0n) is 11.9. The molecule has 0 aliphatic carbocycles. The van der Waals surface area contributed by atoms with Gasteiger partial charge >= 0.3 is 0 Å². The van der Waals surface area contributed by atoms with E-state index in [9.17, 15) is 9.90 Å². The molecule has 1 atom stereocenters. The summed E-state index contributed by atoms with van der Waals surface area (Å²) in [6.07, 6.45) is -1.22. The lowest BCUT2D eigenvalue weighted by Crippen LogP contribution is -2.22. The van der Waals surface area contributed by atoms with Gasteiger partial charge in [-0.1, -0.05) is 48.0 Å². The van der Waals surface area contributed by atoms with Crippen molar-refractivity contribution >= 4 is 28.9 Å². The third kappa shape index (κ3) is 3.54. The van der Waals surface area contributed by atoms with Crippen molar-refractivity contribution in [1.82, 2.24) is 0 Å². The van der Waals surface area contributed by atoms with Crippen LogP contribution < -0.4 is 10.2 Å². The van der Waals surface area contributed by atoms with Crippen LogP contribution in [-0.4, -0.2) is 25.1 Å². The van der Waals surface area contributed by atoms with E-state index in [1.165, 1.54) is 0 Å². The first-order valence-corrected chi connectivity index (χ1v) is 6.88. The van der Waals surface area contributed by atoms with Crippen molar-refractivity contribution in [3.05, 3.63) is 59.1 Å². The lowest BCUT2D eigenvalue weighted by atomic mass is 10.1. The van der Waals surface area contributed by atoms with Crippen LogP contribution in [0.4, 0.5) is 11.4 Å². The SMILES string of the molecule is CN(C)c1c(Cl)cccc1NC(=O)C(O)c1ccccc1. The molecule has 0 saturated heterocycles. The zero-order valence-corrected chi connectivity index (χ0v) is 12.6. The standard InChI is InChI=1S/C16H17ClN2O2/c1-19(2)14-12(17)9-6-10-13(14)18-16(21)15(20)11-7-4-3-5-8-11/h3-10,15,20H,1-2H3,(H,18,21). The summed E-state index contributed by atoms with van der Waals surface area (Å²) in [7, 11) is 3.68. The van der Waals surface area contributed by atoms with Crippen molar-refractivity contribution in [2.75, 3.05) is 24.3 Å². The molecule has 1 amide bonds. The third-order valence-corrected chi connectivity index (χ3v) is 3.36. The number of anilines is 2. The molecule has 0 fully saturated rings. The average Bonchev–Trinajstić information content (AvgIpc) is 2.47. The van der Waals surface area contributed by atoms with Crippen LogP contribution in [0.2, 0.25) is 5.02 Å². The van der Waals surface area contributed by atoms with Crippen molar-refractivity contribution < 1.29 is 9.90 Å². The van der Waals surface area contributed by atoms with Crippen LogP contribution in [0.3, 0.4) is 0 Å². The van der Waals surface area contributed by atoms with Gasteiger partial charge in [0.25, 0.3) is 5.91 Å². The number of hydrogen-bond acceptors (Lipinski definition) is 3. The molecular weight excluding hydrogens is 288 g/mol. The number of para-hydroxylation sites is 1. The summed E-state index contributed by atoms with van der Waals surface area (Å²) in [6, 6.07) is 14.0. The van der Waals surface area contributed by atoms with Gasteiger partial charge in [-0.15, -0.1) is 0 Å². The molecule has 0 aliphatic rings. The number of nitrogens with zero attached hydrogens (tertiary/aromatic N) is 1. The summed E-state index contributed by atoms with van der Waals surface area (Å²) < 4.78 is 0. The maximum absolute atomic E-state index is 12.2. The number of carbonyl (C=O) groups is 1. The van der Waals surface area contributed by atoms with Gasteiger partial charge < -0.3 is 15.3 Å². The van der Waals surface area contributed by atoms with Crippen molar-refractivity contribution in [1.29, 1.82) is 0 Å². The molecule has 4 nitrogen and oxygen atoms in total. The minimum absolute atomic E-state index is 0.494. The van der Waals surface area contributed by atoms with E-state index in [-0.39, 0.29) is 0 Å². The molecule has 21 heavy (non-hydrogen) atoms. The minimum atomic E-state index is -1.22. The molecule has 0 saturated carbocycles. The molecule has 2 rings (SSSR count). The first-order valence-electron chi connectivity index (χ1n) is 6.50. The highest BCUT2D eigenvalue weighted by atomic mass is 35.5. The highest BCUT2D eigenvalue weighted by Gasteiger charge is 2.19. The molecule has 110 valence electrons. The summed E-state index contributed by atoms with van der Waals surface area (Å²) in [5.41, 5.74) is 1.81.